The van der Waals surface area contributed by atoms with Gasteiger partial charge in [-0.05, 0) is 32.9 Å². The molecule has 1 heterocycles. The molecule has 0 saturated carbocycles. The fourth-order valence-electron chi connectivity index (χ4n) is 2.75. The highest BCUT2D eigenvalue weighted by molar-refractivity contribution is 7.99. The van der Waals surface area contributed by atoms with E-state index < -0.39 is 0 Å². The topological polar surface area (TPSA) is 92.4 Å². The Morgan fingerprint density at radius 3 is 2.59 bits per heavy atom. The van der Waals surface area contributed by atoms with E-state index in [0.29, 0.717) is 23.0 Å². The molecular formula is C21H23N5O2S. The maximum atomic E-state index is 12.2. The van der Waals surface area contributed by atoms with Crippen LogP contribution in [0.15, 0.2) is 58.8 Å². The van der Waals surface area contributed by atoms with Gasteiger partial charge >= 0.3 is 0 Å². The zero-order valence-electron chi connectivity index (χ0n) is 16.6. The van der Waals surface area contributed by atoms with Crippen LogP contribution in [-0.2, 0) is 11.3 Å². The second-order valence-corrected chi connectivity index (χ2v) is 7.40. The van der Waals surface area contributed by atoms with Crippen LogP contribution in [0.1, 0.15) is 25.0 Å². The molecule has 7 nitrogen and oxygen atoms in total. The summed E-state index contributed by atoms with van der Waals surface area (Å²) in [6.45, 7) is 6.48. The van der Waals surface area contributed by atoms with E-state index in [1.54, 1.807) is 31.2 Å². The molecule has 8 heteroatoms. The number of benzene rings is 2. The van der Waals surface area contributed by atoms with Crippen LogP contribution in [0.5, 0.6) is 5.75 Å². The summed E-state index contributed by atoms with van der Waals surface area (Å²) in [6, 6.07) is 15.0. The Kier molecular flexibility index (Phi) is 6.66. The van der Waals surface area contributed by atoms with Crippen LogP contribution < -0.4 is 5.43 Å². The Labute approximate surface area is 173 Å². The zero-order chi connectivity index (χ0) is 20.8. The zero-order valence-corrected chi connectivity index (χ0v) is 17.4. The van der Waals surface area contributed by atoms with E-state index in [0.717, 1.165) is 11.4 Å². The first-order chi connectivity index (χ1) is 14.0. The smallest absolute Gasteiger partial charge is 0.250 e. The molecule has 3 aromatic rings. The Bertz CT molecular complexity index is 1030. The van der Waals surface area contributed by atoms with Crippen molar-refractivity contribution in [3.63, 3.8) is 0 Å². The third-order valence-electron chi connectivity index (χ3n) is 4.32. The van der Waals surface area contributed by atoms with E-state index in [9.17, 15) is 9.90 Å². The Balaban J connectivity index is 1.64. The number of para-hydroxylation sites is 1. The van der Waals surface area contributed by atoms with E-state index in [1.807, 2.05) is 42.7 Å². The molecule has 2 aromatic carbocycles. The van der Waals surface area contributed by atoms with E-state index in [1.165, 1.54) is 17.3 Å². The number of phenolic OH excluding ortho intramolecular Hbond substituents is 1. The standard InChI is InChI=1S/C21H23N5O2S/c1-4-26-20(16-11-9-14(2)10-12-16)24-25-21(26)29-13-19(28)23-22-15(3)17-7-5-6-8-18(17)27/h5-12,27H,4,13H2,1-3H3,(H,23,28). The minimum absolute atomic E-state index is 0.122. The van der Waals surface area contributed by atoms with Crippen molar-refractivity contribution in [3.05, 3.63) is 59.7 Å². The molecule has 2 N–H and O–H groups in total. The van der Waals surface area contributed by atoms with Crippen molar-refractivity contribution in [2.45, 2.75) is 32.5 Å². The monoisotopic (exact) mass is 409 g/mol. The maximum Gasteiger partial charge on any atom is 0.250 e. The predicted octanol–water partition coefficient (Wildman–Crippen LogP) is 3.61. The number of nitrogens with one attached hydrogen (secondary N) is 1. The number of hydrogen-bond acceptors (Lipinski definition) is 6. The number of amides is 1. The predicted molar refractivity (Wildman–Crippen MR) is 115 cm³/mol. The molecule has 0 spiro atoms. The third kappa shape index (κ3) is 5.03. The molecule has 0 aliphatic heterocycles. The average molecular weight is 410 g/mol. The molecule has 0 atom stereocenters. The first kappa shape index (κ1) is 20.6. The van der Waals surface area contributed by atoms with Crippen molar-refractivity contribution in [1.82, 2.24) is 20.2 Å². The van der Waals surface area contributed by atoms with Crippen LogP contribution in [0, 0.1) is 6.92 Å². The van der Waals surface area contributed by atoms with Crippen molar-refractivity contribution >= 4 is 23.4 Å². The van der Waals surface area contributed by atoms with Crippen LogP contribution in [-0.4, -0.2) is 37.2 Å². The summed E-state index contributed by atoms with van der Waals surface area (Å²) in [7, 11) is 0. The van der Waals surface area contributed by atoms with Gasteiger partial charge in [-0.25, -0.2) is 5.43 Å². The number of hydrogen-bond donors (Lipinski definition) is 2. The normalized spacial score (nSPS) is 11.5. The molecule has 0 saturated heterocycles. The molecule has 0 fully saturated rings. The summed E-state index contributed by atoms with van der Waals surface area (Å²) >= 11 is 1.31. The van der Waals surface area contributed by atoms with Crippen molar-refractivity contribution in [3.8, 4) is 17.1 Å². The van der Waals surface area contributed by atoms with Gasteiger partial charge in [0.2, 0.25) is 0 Å². The van der Waals surface area contributed by atoms with E-state index in [-0.39, 0.29) is 17.4 Å². The SMILES string of the molecule is CCn1c(SCC(=O)NN=C(C)c2ccccc2O)nnc1-c1ccc(C)cc1. The summed E-state index contributed by atoms with van der Waals surface area (Å²) in [5, 5.41) is 23.1. The molecule has 0 bridgehead atoms. The molecule has 0 radical (unpaired) electrons. The molecule has 3 rings (SSSR count). The number of rotatable bonds is 7. The number of aryl methyl sites for hydroxylation is 1. The number of nitrogens with zero attached hydrogens (tertiary/aromatic N) is 4. The summed E-state index contributed by atoms with van der Waals surface area (Å²) < 4.78 is 1.99. The lowest BCUT2D eigenvalue weighted by molar-refractivity contribution is -0.118. The fourth-order valence-corrected chi connectivity index (χ4v) is 3.54. The van der Waals surface area contributed by atoms with Crippen LogP contribution in [0.2, 0.25) is 0 Å². The van der Waals surface area contributed by atoms with Gasteiger partial charge in [0.15, 0.2) is 11.0 Å². The van der Waals surface area contributed by atoms with Crippen molar-refractivity contribution in [2.75, 3.05) is 5.75 Å². The van der Waals surface area contributed by atoms with Crippen molar-refractivity contribution < 1.29 is 9.90 Å². The first-order valence-corrected chi connectivity index (χ1v) is 10.2. The number of phenols is 1. The maximum absolute atomic E-state index is 12.2. The van der Waals surface area contributed by atoms with Gasteiger partial charge in [0.1, 0.15) is 5.75 Å². The molecule has 0 unspecified atom stereocenters. The van der Waals surface area contributed by atoms with Gasteiger partial charge < -0.3 is 9.67 Å². The first-order valence-electron chi connectivity index (χ1n) is 9.24. The van der Waals surface area contributed by atoms with Gasteiger partial charge in [0, 0.05) is 17.7 Å². The molecular weight excluding hydrogens is 386 g/mol. The van der Waals surface area contributed by atoms with E-state index in [2.05, 4.69) is 20.7 Å². The van der Waals surface area contributed by atoms with Crippen molar-refractivity contribution in [1.29, 1.82) is 0 Å². The lowest BCUT2D eigenvalue weighted by Crippen LogP contribution is -2.21. The molecule has 0 aliphatic carbocycles. The summed E-state index contributed by atoms with van der Waals surface area (Å²) in [5.74, 6) is 0.803. The van der Waals surface area contributed by atoms with Gasteiger partial charge in [-0.1, -0.05) is 53.7 Å². The Morgan fingerprint density at radius 1 is 1.17 bits per heavy atom. The number of thioether (sulfide) groups is 1. The van der Waals surface area contributed by atoms with Crippen LogP contribution in [0.4, 0.5) is 0 Å². The van der Waals surface area contributed by atoms with Gasteiger partial charge in [-0.3, -0.25) is 4.79 Å². The highest BCUT2D eigenvalue weighted by Gasteiger charge is 2.14. The number of aromatic hydroxyl groups is 1. The second-order valence-electron chi connectivity index (χ2n) is 6.45. The van der Waals surface area contributed by atoms with Gasteiger partial charge in [0.05, 0.1) is 11.5 Å². The lowest BCUT2D eigenvalue weighted by atomic mass is 10.1. The van der Waals surface area contributed by atoms with Gasteiger partial charge in [-0.15, -0.1) is 10.2 Å². The number of hydrazone groups is 1. The largest absolute Gasteiger partial charge is 0.507 e. The third-order valence-corrected chi connectivity index (χ3v) is 5.28. The van der Waals surface area contributed by atoms with Gasteiger partial charge in [0.25, 0.3) is 5.91 Å². The highest BCUT2D eigenvalue weighted by atomic mass is 32.2. The fraction of sp³-hybridized carbons (Fsp3) is 0.238. The number of carbonyl (C=O) groups is 1. The quantitative estimate of drug-likeness (QED) is 0.353. The van der Waals surface area contributed by atoms with Gasteiger partial charge in [-0.2, -0.15) is 5.10 Å². The van der Waals surface area contributed by atoms with Crippen LogP contribution in [0.25, 0.3) is 11.4 Å². The number of carbonyl (C=O) groups excluding carboxylic acids is 1. The molecule has 0 aliphatic rings. The Morgan fingerprint density at radius 2 is 1.90 bits per heavy atom. The number of aromatic nitrogens is 3. The second kappa shape index (κ2) is 9.38. The highest BCUT2D eigenvalue weighted by Crippen LogP contribution is 2.24. The van der Waals surface area contributed by atoms with Crippen LogP contribution >= 0.6 is 11.8 Å². The lowest BCUT2D eigenvalue weighted by Gasteiger charge is -2.07. The summed E-state index contributed by atoms with van der Waals surface area (Å²) in [4.78, 5) is 12.2. The average Bonchev–Trinajstić information content (AvgIpc) is 3.14. The summed E-state index contributed by atoms with van der Waals surface area (Å²) in [5.41, 5.74) is 5.80. The Hall–Kier alpha value is -3.13. The minimum atomic E-state index is -0.257. The molecule has 1 aromatic heterocycles. The van der Waals surface area contributed by atoms with Crippen LogP contribution in [0.3, 0.4) is 0 Å². The minimum Gasteiger partial charge on any atom is -0.507 e. The molecule has 1 amide bonds. The van der Waals surface area contributed by atoms with E-state index >= 15 is 0 Å². The molecule has 29 heavy (non-hydrogen) atoms. The van der Waals surface area contributed by atoms with Crippen molar-refractivity contribution in [2.24, 2.45) is 5.10 Å². The summed E-state index contributed by atoms with van der Waals surface area (Å²) in [6.07, 6.45) is 0. The van der Waals surface area contributed by atoms with E-state index in [4.69, 9.17) is 0 Å². The molecule has 150 valence electrons.